The van der Waals surface area contributed by atoms with Gasteiger partial charge in [0.1, 0.15) is 16.3 Å². The monoisotopic (exact) mass is 593 g/mol. The molecule has 1 amide bonds. The van der Waals surface area contributed by atoms with Crippen molar-refractivity contribution in [2.45, 2.75) is 11.3 Å². The van der Waals surface area contributed by atoms with E-state index in [2.05, 4.69) is 49.9 Å². The van der Waals surface area contributed by atoms with Crippen LogP contribution < -0.4 is 14.4 Å². The number of ether oxygens (including phenoxy) is 1. The van der Waals surface area contributed by atoms with Crippen molar-refractivity contribution in [1.29, 1.82) is 0 Å². The van der Waals surface area contributed by atoms with Crippen molar-refractivity contribution in [3.63, 3.8) is 0 Å². The second-order valence-electron chi connectivity index (χ2n) is 10.3. The highest BCUT2D eigenvalue weighted by Crippen LogP contribution is 2.34. The highest BCUT2D eigenvalue weighted by molar-refractivity contribution is 7.93. The molecule has 5 aromatic rings. The van der Waals surface area contributed by atoms with E-state index in [9.17, 15) is 13.2 Å². The predicted octanol–water partition coefficient (Wildman–Crippen LogP) is 5.46. The lowest BCUT2D eigenvalue weighted by molar-refractivity contribution is 0.0761. The van der Waals surface area contributed by atoms with E-state index >= 15 is 0 Å². The number of benzene rings is 3. The van der Waals surface area contributed by atoms with Gasteiger partial charge in [0.25, 0.3) is 15.9 Å². The van der Waals surface area contributed by atoms with Crippen molar-refractivity contribution < 1.29 is 17.9 Å². The van der Waals surface area contributed by atoms with Gasteiger partial charge >= 0.3 is 0 Å². The van der Waals surface area contributed by atoms with E-state index in [-0.39, 0.29) is 22.2 Å². The van der Waals surface area contributed by atoms with Crippen molar-refractivity contribution in [2.75, 3.05) is 42.9 Å². The van der Waals surface area contributed by atoms with Gasteiger partial charge in [-0.05, 0) is 53.9 Å². The molecule has 6 rings (SSSR count). The Labute approximate surface area is 250 Å². The molecule has 1 aliphatic rings. The van der Waals surface area contributed by atoms with Crippen LogP contribution in [0.2, 0.25) is 0 Å². The van der Waals surface area contributed by atoms with Crippen molar-refractivity contribution in [1.82, 2.24) is 14.9 Å². The Morgan fingerprint density at radius 1 is 0.837 bits per heavy atom. The molecule has 0 spiro atoms. The zero-order valence-corrected chi connectivity index (χ0v) is 24.5. The van der Waals surface area contributed by atoms with Crippen LogP contribution in [0.3, 0.4) is 0 Å². The summed E-state index contributed by atoms with van der Waals surface area (Å²) in [4.78, 5) is 26.0. The number of carbonyl (C=O) groups is 1. The Morgan fingerprint density at radius 3 is 2.47 bits per heavy atom. The zero-order chi connectivity index (χ0) is 29.8. The Bertz CT molecular complexity index is 1860. The second kappa shape index (κ2) is 12.1. The zero-order valence-electron chi connectivity index (χ0n) is 23.7. The van der Waals surface area contributed by atoms with E-state index in [1.54, 1.807) is 42.5 Å². The summed E-state index contributed by atoms with van der Waals surface area (Å²) in [6.07, 6.45) is 3.71. The number of rotatable bonds is 7. The number of pyridine rings is 2. The van der Waals surface area contributed by atoms with Gasteiger partial charge < -0.3 is 14.5 Å². The molecule has 3 heterocycles. The van der Waals surface area contributed by atoms with Crippen LogP contribution in [0.15, 0.2) is 108 Å². The number of hydrogen-bond acceptors (Lipinski definition) is 7. The van der Waals surface area contributed by atoms with Gasteiger partial charge in [0, 0.05) is 37.8 Å². The van der Waals surface area contributed by atoms with Crippen LogP contribution in [0.25, 0.3) is 22.0 Å². The van der Waals surface area contributed by atoms with Crippen molar-refractivity contribution in [3.05, 3.63) is 109 Å². The van der Waals surface area contributed by atoms with Gasteiger partial charge in [-0.2, -0.15) is 0 Å². The normalized spacial score (nSPS) is 13.9. The minimum absolute atomic E-state index is 0.0752. The molecule has 0 bridgehead atoms. The summed E-state index contributed by atoms with van der Waals surface area (Å²) in [5, 5.41) is 0.725. The topological polar surface area (TPSA) is 105 Å². The van der Waals surface area contributed by atoms with Gasteiger partial charge in [-0.15, -0.1) is 0 Å². The number of nitrogens with one attached hydrogen (secondary N) is 1. The lowest BCUT2D eigenvalue weighted by atomic mass is 10.0. The molecule has 1 fully saturated rings. The van der Waals surface area contributed by atoms with Crippen LogP contribution in [0, 0.1) is 0 Å². The maximum absolute atomic E-state index is 13.4. The number of sulfonamides is 1. The summed E-state index contributed by atoms with van der Waals surface area (Å²) in [5.74, 6) is 0.598. The molecule has 0 radical (unpaired) electrons. The Hall–Kier alpha value is -4.96. The van der Waals surface area contributed by atoms with Crippen LogP contribution in [0.5, 0.6) is 5.75 Å². The Balaban J connectivity index is 1.12. The van der Waals surface area contributed by atoms with Gasteiger partial charge in [-0.25, -0.2) is 13.4 Å². The number of para-hydroxylation sites is 1. The van der Waals surface area contributed by atoms with Crippen LogP contribution >= 0.6 is 0 Å². The minimum atomic E-state index is -3.92. The number of hydrogen-bond donors (Lipinski definition) is 1. The number of carbonyl (C=O) groups excluding carboxylic acids is 1. The molecule has 10 heteroatoms. The van der Waals surface area contributed by atoms with E-state index in [4.69, 9.17) is 4.74 Å². The molecule has 0 saturated carbocycles. The number of amides is 1. The van der Waals surface area contributed by atoms with Gasteiger partial charge in [-0.1, -0.05) is 54.6 Å². The summed E-state index contributed by atoms with van der Waals surface area (Å²) in [7, 11) is -2.24. The molecule has 1 saturated heterocycles. The third-order valence-electron chi connectivity index (χ3n) is 7.53. The average Bonchev–Trinajstić information content (AvgIpc) is 3.31. The molecule has 1 N–H and O–H groups in total. The van der Waals surface area contributed by atoms with Gasteiger partial charge in [0.05, 0.1) is 30.2 Å². The summed E-state index contributed by atoms with van der Waals surface area (Å²) >= 11 is 0. The van der Waals surface area contributed by atoms with E-state index in [1.165, 1.54) is 12.3 Å². The maximum Gasteiger partial charge on any atom is 0.272 e. The van der Waals surface area contributed by atoms with Crippen LogP contribution in [-0.2, 0) is 10.0 Å². The summed E-state index contributed by atoms with van der Waals surface area (Å²) < 4.78 is 34.6. The molecule has 0 atom stereocenters. The third-order valence-corrected chi connectivity index (χ3v) is 8.94. The lowest BCUT2D eigenvalue weighted by Gasteiger charge is -2.25. The minimum Gasteiger partial charge on any atom is -0.495 e. The van der Waals surface area contributed by atoms with Crippen LogP contribution in [0.1, 0.15) is 16.9 Å². The lowest BCUT2D eigenvalue weighted by Crippen LogP contribution is -2.35. The van der Waals surface area contributed by atoms with Gasteiger partial charge in [0.15, 0.2) is 0 Å². The van der Waals surface area contributed by atoms with E-state index < -0.39 is 10.0 Å². The van der Waals surface area contributed by atoms with Crippen molar-refractivity contribution >= 4 is 38.2 Å². The number of nitrogens with zero attached hydrogens (tertiary/aromatic N) is 4. The molecule has 3 aromatic carbocycles. The Kier molecular flexibility index (Phi) is 7.93. The molecule has 218 valence electrons. The summed E-state index contributed by atoms with van der Waals surface area (Å²) in [6, 6.07) is 28.1. The molecule has 9 nitrogen and oxygen atoms in total. The van der Waals surface area contributed by atoms with Crippen molar-refractivity contribution in [3.8, 4) is 16.9 Å². The number of anilines is 2. The second-order valence-corrected chi connectivity index (χ2v) is 11.9. The maximum atomic E-state index is 13.4. The Morgan fingerprint density at radius 2 is 1.67 bits per heavy atom. The molecule has 2 aromatic heterocycles. The molecular weight excluding hydrogens is 562 g/mol. The fourth-order valence-electron chi connectivity index (χ4n) is 5.36. The highest BCUT2D eigenvalue weighted by atomic mass is 32.2. The first-order valence-corrected chi connectivity index (χ1v) is 15.5. The first-order valence-electron chi connectivity index (χ1n) is 14.0. The van der Waals surface area contributed by atoms with Crippen LogP contribution in [0.4, 0.5) is 11.4 Å². The molecule has 43 heavy (non-hydrogen) atoms. The van der Waals surface area contributed by atoms with E-state index in [0.29, 0.717) is 25.2 Å². The molecular formula is C33H31N5O4S. The average molecular weight is 594 g/mol. The number of aromatic nitrogens is 2. The fourth-order valence-corrected chi connectivity index (χ4v) is 6.58. The third kappa shape index (κ3) is 6.00. The van der Waals surface area contributed by atoms with Gasteiger partial charge in [-0.3, -0.25) is 14.5 Å². The molecule has 0 unspecified atom stereocenters. The number of fused-ring (bicyclic) bond motifs is 1. The predicted molar refractivity (Wildman–Crippen MR) is 168 cm³/mol. The van der Waals surface area contributed by atoms with E-state index in [1.807, 2.05) is 30.3 Å². The van der Waals surface area contributed by atoms with Crippen LogP contribution in [-0.4, -0.2) is 62.5 Å². The van der Waals surface area contributed by atoms with E-state index in [0.717, 1.165) is 40.9 Å². The SMILES string of the molecule is COc1cc(-c2ccccc2)ccc1N1CCCN(C(=O)c2ccc(NS(=O)(=O)c3cccc4cccnc34)cn2)CC1. The molecule has 1 aliphatic heterocycles. The molecule has 0 aliphatic carbocycles. The summed E-state index contributed by atoms with van der Waals surface area (Å²) in [6.45, 7) is 2.53. The number of methoxy groups -OCH3 is 1. The highest BCUT2D eigenvalue weighted by Gasteiger charge is 2.24. The smallest absolute Gasteiger partial charge is 0.272 e. The first-order chi connectivity index (χ1) is 20.9. The van der Waals surface area contributed by atoms with Crippen molar-refractivity contribution in [2.24, 2.45) is 0 Å². The van der Waals surface area contributed by atoms with Gasteiger partial charge in [0.2, 0.25) is 0 Å². The first kappa shape index (κ1) is 28.2. The standard InChI is InChI=1S/C33H31N5O4S/c1-42-30-22-26(24-8-3-2-4-9-24)13-16-29(30)37-18-7-19-38(21-20-37)33(39)28-15-14-27(23-35-28)36-43(40,41)31-12-5-10-25-11-6-17-34-32(25)31/h2-6,8-17,22-23,36H,7,18-21H2,1H3. The quantitative estimate of drug-likeness (QED) is 0.267. The largest absolute Gasteiger partial charge is 0.495 e. The summed E-state index contributed by atoms with van der Waals surface area (Å²) in [5.41, 5.74) is 4.10. The fraction of sp³-hybridized carbons (Fsp3) is 0.182.